The molecule has 0 radical (unpaired) electrons. The highest BCUT2D eigenvalue weighted by molar-refractivity contribution is 5.99. The van der Waals surface area contributed by atoms with Gasteiger partial charge in [0, 0.05) is 11.6 Å². The minimum atomic E-state index is -1.13. The third kappa shape index (κ3) is 1.08. The minimum absolute atomic E-state index is 0.0510. The molecule has 4 aliphatic rings. The van der Waals surface area contributed by atoms with Crippen LogP contribution < -0.4 is 4.74 Å². The van der Waals surface area contributed by atoms with Gasteiger partial charge in [0.2, 0.25) is 0 Å². The van der Waals surface area contributed by atoms with Gasteiger partial charge in [-0.05, 0) is 50.2 Å². The summed E-state index contributed by atoms with van der Waals surface area (Å²) in [5, 5.41) is 21.7. The number of aliphatic hydroxyl groups is 1. The number of hydrogen-bond donors (Lipinski definition) is 2. The maximum atomic E-state index is 12.4. The molecule has 2 heterocycles. The Bertz CT molecular complexity index is 757. The lowest BCUT2D eigenvalue weighted by Crippen LogP contribution is -2.74. The van der Waals surface area contributed by atoms with Crippen molar-refractivity contribution in [2.75, 3.05) is 13.6 Å². The highest BCUT2D eigenvalue weighted by Crippen LogP contribution is 2.63. The molecule has 1 spiro atoms. The van der Waals surface area contributed by atoms with Crippen molar-refractivity contribution in [1.29, 1.82) is 0 Å². The van der Waals surface area contributed by atoms with Crippen molar-refractivity contribution in [2.45, 2.75) is 36.0 Å². The van der Waals surface area contributed by atoms with Gasteiger partial charge >= 0.3 is 0 Å². The van der Waals surface area contributed by atoms with E-state index in [1.54, 1.807) is 12.1 Å². The summed E-state index contributed by atoms with van der Waals surface area (Å²) in [5.41, 5.74) is 0.0177. The predicted molar refractivity (Wildman–Crippen MR) is 78.0 cm³/mol. The first-order valence-corrected chi connectivity index (χ1v) is 7.67. The Morgan fingerprint density at radius 2 is 2.23 bits per heavy atom. The normalized spacial score (nSPS) is 41.3. The SMILES string of the molecule is CN1CC[C@]23c4c5ccc(O)c4O[C@H]2C(=O)C=CC3(O)[C@H]1C5. The fraction of sp³-hybridized carbons (Fsp3) is 0.471. The van der Waals surface area contributed by atoms with Crippen LogP contribution in [0.1, 0.15) is 17.5 Å². The van der Waals surface area contributed by atoms with Gasteiger partial charge in [0.1, 0.15) is 5.60 Å². The molecule has 1 fully saturated rings. The Morgan fingerprint density at radius 3 is 3.05 bits per heavy atom. The molecule has 5 rings (SSSR count). The summed E-state index contributed by atoms with van der Waals surface area (Å²) < 4.78 is 5.89. The maximum absolute atomic E-state index is 12.4. The van der Waals surface area contributed by atoms with Crippen molar-refractivity contribution < 1.29 is 19.7 Å². The lowest BCUT2D eigenvalue weighted by molar-refractivity contribution is -0.151. The van der Waals surface area contributed by atoms with Crippen molar-refractivity contribution in [1.82, 2.24) is 4.90 Å². The molecule has 114 valence electrons. The number of likely N-dealkylation sites (N-methyl/N-ethyl adjacent to an activating group) is 1. The first-order valence-electron chi connectivity index (χ1n) is 7.67. The molecule has 2 N–H and O–H groups in total. The average molecular weight is 299 g/mol. The molecule has 5 heteroatoms. The summed E-state index contributed by atoms with van der Waals surface area (Å²) >= 11 is 0. The van der Waals surface area contributed by atoms with Crippen LogP contribution >= 0.6 is 0 Å². The van der Waals surface area contributed by atoms with Gasteiger partial charge in [-0.1, -0.05) is 6.07 Å². The largest absolute Gasteiger partial charge is 0.504 e. The number of carbonyl (C=O) groups excluding carboxylic acids is 1. The molecule has 1 aromatic rings. The van der Waals surface area contributed by atoms with Crippen LogP contribution in [0.3, 0.4) is 0 Å². The van der Waals surface area contributed by atoms with E-state index in [1.165, 1.54) is 6.08 Å². The number of piperidine rings is 1. The van der Waals surface area contributed by atoms with Crippen LogP contribution in [0.25, 0.3) is 0 Å². The summed E-state index contributed by atoms with van der Waals surface area (Å²) in [6, 6.07) is 3.44. The standard InChI is InChI=1S/C17H17NO4/c1-18-7-6-16-13-9-2-3-10(19)14(13)22-15(16)11(20)4-5-17(16,21)12(18)8-9/h2-5,12,15,19,21H,6-8H2,1H3/t12-,15+,16+,17?/m1/s1. The first kappa shape index (κ1) is 12.7. The van der Waals surface area contributed by atoms with Crippen molar-refractivity contribution in [3.63, 3.8) is 0 Å². The van der Waals surface area contributed by atoms with E-state index >= 15 is 0 Å². The van der Waals surface area contributed by atoms with E-state index in [2.05, 4.69) is 4.90 Å². The molecule has 1 aromatic carbocycles. The number of benzene rings is 1. The monoisotopic (exact) mass is 299 g/mol. The number of rotatable bonds is 0. The van der Waals surface area contributed by atoms with Gasteiger partial charge in [0.25, 0.3) is 0 Å². The number of aromatic hydroxyl groups is 1. The molecule has 22 heavy (non-hydrogen) atoms. The number of phenolic OH excluding ortho intramolecular Hbond substituents is 1. The van der Waals surface area contributed by atoms with Gasteiger partial charge in [0.05, 0.1) is 5.41 Å². The van der Waals surface area contributed by atoms with Crippen LogP contribution in [0.2, 0.25) is 0 Å². The summed E-state index contributed by atoms with van der Waals surface area (Å²) in [7, 11) is 2.01. The summed E-state index contributed by atoms with van der Waals surface area (Å²) in [6.45, 7) is 0.794. The lowest BCUT2D eigenvalue weighted by Gasteiger charge is -2.60. The maximum Gasteiger partial charge on any atom is 0.196 e. The molecule has 0 saturated carbocycles. The number of likely N-dealkylation sites (tertiary alicyclic amines) is 1. The third-order valence-corrected chi connectivity index (χ3v) is 6.14. The van der Waals surface area contributed by atoms with Gasteiger partial charge in [-0.3, -0.25) is 9.69 Å². The van der Waals surface area contributed by atoms with E-state index in [0.717, 1.165) is 17.7 Å². The molecular formula is C17H17NO4. The van der Waals surface area contributed by atoms with Gasteiger partial charge < -0.3 is 14.9 Å². The van der Waals surface area contributed by atoms with Crippen LogP contribution in [-0.2, 0) is 16.6 Å². The number of hydrogen-bond acceptors (Lipinski definition) is 5. The Morgan fingerprint density at radius 1 is 1.41 bits per heavy atom. The Balaban J connectivity index is 1.91. The number of ether oxygens (including phenoxy) is 1. The second kappa shape index (κ2) is 3.55. The van der Waals surface area contributed by atoms with Crippen molar-refractivity contribution in [2.24, 2.45) is 0 Å². The van der Waals surface area contributed by atoms with Gasteiger partial charge in [-0.25, -0.2) is 0 Å². The Kier molecular flexibility index (Phi) is 2.04. The van der Waals surface area contributed by atoms with Crippen LogP contribution in [0, 0.1) is 0 Å². The minimum Gasteiger partial charge on any atom is -0.504 e. The zero-order valence-electron chi connectivity index (χ0n) is 12.2. The van der Waals surface area contributed by atoms with Crippen LogP contribution in [0.5, 0.6) is 11.5 Å². The smallest absolute Gasteiger partial charge is 0.196 e. The average Bonchev–Trinajstić information content (AvgIpc) is 2.85. The third-order valence-electron chi connectivity index (χ3n) is 6.14. The number of ketones is 1. The fourth-order valence-corrected chi connectivity index (χ4v) is 5.13. The van der Waals surface area contributed by atoms with E-state index in [1.807, 2.05) is 13.1 Å². The Hall–Kier alpha value is -1.85. The Labute approximate surface area is 127 Å². The van der Waals surface area contributed by atoms with Crippen molar-refractivity contribution in [3.05, 3.63) is 35.4 Å². The van der Waals surface area contributed by atoms with Crippen LogP contribution in [0.4, 0.5) is 0 Å². The molecule has 0 aromatic heterocycles. The number of nitrogens with zero attached hydrogens (tertiary/aromatic N) is 1. The quantitative estimate of drug-likeness (QED) is 0.731. The van der Waals surface area contributed by atoms with Crippen molar-refractivity contribution in [3.8, 4) is 11.5 Å². The van der Waals surface area contributed by atoms with Gasteiger partial charge in [0.15, 0.2) is 23.4 Å². The molecule has 2 aliphatic carbocycles. The van der Waals surface area contributed by atoms with E-state index in [0.29, 0.717) is 18.6 Å². The number of carbonyl (C=O) groups is 1. The zero-order valence-corrected chi connectivity index (χ0v) is 12.2. The lowest BCUT2D eigenvalue weighted by atomic mass is 9.51. The van der Waals surface area contributed by atoms with E-state index in [4.69, 9.17) is 4.74 Å². The molecule has 5 nitrogen and oxygen atoms in total. The summed E-state index contributed by atoms with van der Waals surface area (Å²) in [6.07, 6.45) is 3.70. The van der Waals surface area contributed by atoms with Crippen molar-refractivity contribution >= 4 is 5.78 Å². The fourth-order valence-electron chi connectivity index (χ4n) is 5.13. The van der Waals surface area contributed by atoms with Gasteiger partial charge in [-0.15, -0.1) is 0 Å². The molecule has 0 amide bonds. The molecule has 1 saturated heterocycles. The molecule has 1 unspecified atom stereocenters. The highest BCUT2D eigenvalue weighted by atomic mass is 16.5. The van der Waals surface area contributed by atoms with E-state index in [9.17, 15) is 15.0 Å². The summed E-state index contributed by atoms with van der Waals surface area (Å²) in [5.74, 6) is 0.312. The van der Waals surface area contributed by atoms with E-state index < -0.39 is 17.1 Å². The second-order valence-corrected chi connectivity index (χ2v) is 6.93. The predicted octanol–water partition coefficient (Wildman–Crippen LogP) is 0.521. The highest BCUT2D eigenvalue weighted by Gasteiger charge is 2.71. The van der Waals surface area contributed by atoms with Crippen LogP contribution in [0.15, 0.2) is 24.3 Å². The number of phenols is 1. The zero-order chi connectivity index (χ0) is 15.3. The van der Waals surface area contributed by atoms with E-state index in [-0.39, 0.29) is 17.6 Å². The first-order chi connectivity index (χ1) is 10.5. The molecule has 2 aliphatic heterocycles. The second-order valence-electron chi connectivity index (χ2n) is 6.93. The molecular weight excluding hydrogens is 282 g/mol. The summed E-state index contributed by atoms with van der Waals surface area (Å²) in [4.78, 5) is 14.6. The molecule has 2 bridgehead atoms. The molecule has 4 atom stereocenters. The van der Waals surface area contributed by atoms with Crippen LogP contribution in [-0.4, -0.2) is 52.2 Å². The van der Waals surface area contributed by atoms with Gasteiger partial charge in [-0.2, -0.15) is 0 Å². The topological polar surface area (TPSA) is 70.0 Å².